The van der Waals surface area contributed by atoms with E-state index in [1.54, 1.807) is 0 Å². The van der Waals surface area contributed by atoms with Gasteiger partial charge in [0.1, 0.15) is 6.29 Å². The molecular formula is C28H27NO. The van der Waals surface area contributed by atoms with Crippen LogP contribution in [0.15, 0.2) is 89.7 Å². The summed E-state index contributed by atoms with van der Waals surface area (Å²) in [5.74, 6) is 0. The van der Waals surface area contributed by atoms with Crippen LogP contribution >= 0.6 is 0 Å². The Morgan fingerprint density at radius 1 is 0.967 bits per heavy atom. The van der Waals surface area contributed by atoms with E-state index in [1.165, 1.54) is 39.3 Å². The zero-order valence-corrected chi connectivity index (χ0v) is 17.7. The van der Waals surface area contributed by atoms with Crippen LogP contribution in [0.5, 0.6) is 0 Å². The number of para-hydroxylation sites is 1. The Labute approximate surface area is 178 Å². The quantitative estimate of drug-likeness (QED) is 0.520. The Bertz CT molecular complexity index is 1130. The highest BCUT2D eigenvalue weighted by molar-refractivity contribution is 5.89. The zero-order chi connectivity index (χ0) is 20.7. The molecule has 0 spiro atoms. The van der Waals surface area contributed by atoms with Crippen LogP contribution in [0.25, 0.3) is 5.57 Å². The highest BCUT2D eigenvalue weighted by atomic mass is 16.1. The number of fused-ring (bicyclic) bond motifs is 2. The fourth-order valence-electron chi connectivity index (χ4n) is 5.07. The Hall–Kier alpha value is -3.13. The minimum Gasteiger partial charge on any atom is -0.311 e. The third kappa shape index (κ3) is 2.99. The summed E-state index contributed by atoms with van der Waals surface area (Å²) >= 11 is 0. The number of anilines is 2. The summed E-state index contributed by atoms with van der Waals surface area (Å²) in [6, 6.07) is 17.5. The van der Waals surface area contributed by atoms with Gasteiger partial charge >= 0.3 is 0 Å². The van der Waals surface area contributed by atoms with Crippen molar-refractivity contribution in [1.82, 2.24) is 0 Å². The Morgan fingerprint density at radius 2 is 1.80 bits per heavy atom. The SMILES string of the molecule is CC1(C)C2=C(CCC(C=O)=C2)c2ccc(N(C3=CCCC=C3)c3ccccc3)cc21. The minimum atomic E-state index is -0.103. The van der Waals surface area contributed by atoms with E-state index in [2.05, 4.69) is 91.6 Å². The van der Waals surface area contributed by atoms with Crippen molar-refractivity contribution in [2.75, 3.05) is 4.90 Å². The first-order valence-electron chi connectivity index (χ1n) is 10.9. The molecule has 2 aromatic carbocycles. The molecule has 0 heterocycles. The number of benzene rings is 2. The van der Waals surface area contributed by atoms with Gasteiger partial charge in [0.2, 0.25) is 0 Å². The topological polar surface area (TPSA) is 20.3 Å². The van der Waals surface area contributed by atoms with Crippen LogP contribution in [0.1, 0.15) is 50.7 Å². The van der Waals surface area contributed by atoms with Gasteiger partial charge in [0.15, 0.2) is 0 Å². The van der Waals surface area contributed by atoms with Crippen LogP contribution in [0, 0.1) is 0 Å². The summed E-state index contributed by atoms with van der Waals surface area (Å²) in [7, 11) is 0. The molecule has 0 bridgehead atoms. The summed E-state index contributed by atoms with van der Waals surface area (Å²) in [6.07, 6.45) is 13.9. The smallest absolute Gasteiger partial charge is 0.146 e. The molecule has 0 aromatic heterocycles. The molecule has 2 heteroatoms. The van der Waals surface area contributed by atoms with Crippen LogP contribution in [-0.2, 0) is 10.2 Å². The molecule has 0 atom stereocenters. The number of hydrogen-bond donors (Lipinski definition) is 0. The number of allylic oxidation sites excluding steroid dienone is 7. The van der Waals surface area contributed by atoms with Gasteiger partial charge in [-0.2, -0.15) is 0 Å². The van der Waals surface area contributed by atoms with Gasteiger partial charge in [0.25, 0.3) is 0 Å². The molecule has 3 aliphatic carbocycles. The fourth-order valence-corrected chi connectivity index (χ4v) is 5.07. The molecule has 0 unspecified atom stereocenters. The second kappa shape index (κ2) is 7.28. The molecule has 5 rings (SSSR count). The number of nitrogens with zero attached hydrogens (tertiary/aromatic N) is 1. The lowest BCUT2D eigenvalue weighted by Crippen LogP contribution is -2.20. The van der Waals surface area contributed by atoms with Crippen LogP contribution in [0.2, 0.25) is 0 Å². The molecule has 0 saturated heterocycles. The maximum absolute atomic E-state index is 11.4. The van der Waals surface area contributed by atoms with Crippen LogP contribution in [0.4, 0.5) is 11.4 Å². The predicted molar refractivity (Wildman–Crippen MR) is 125 cm³/mol. The van der Waals surface area contributed by atoms with Gasteiger partial charge in [0.05, 0.1) is 0 Å². The Balaban J connectivity index is 1.63. The third-order valence-corrected chi connectivity index (χ3v) is 6.65. The molecule has 30 heavy (non-hydrogen) atoms. The van der Waals surface area contributed by atoms with E-state index in [1.807, 2.05) is 0 Å². The molecule has 2 aromatic rings. The third-order valence-electron chi connectivity index (χ3n) is 6.65. The van der Waals surface area contributed by atoms with Crippen LogP contribution in [-0.4, -0.2) is 6.29 Å². The van der Waals surface area contributed by atoms with E-state index in [-0.39, 0.29) is 5.41 Å². The molecule has 150 valence electrons. The fraction of sp³-hybridized carbons (Fsp3) is 0.250. The highest BCUT2D eigenvalue weighted by Gasteiger charge is 2.38. The maximum Gasteiger partial charge on any atom is 0.146 e. The van der Waals surface area contributed by atoms with Gasteiger partial charge < -0.3 is 4.90 Å². The van der Waals surface area contributed by atoms with Gasteiger partial charge in [0, 0.05) is 22.5 Å². The summed E-state index contributed by atoms with van der Waals surface area (Å²) in [5.41, 5.74) is 9.82. The molecule has 0 amide bonds. The number of carbonyl (C=O) groups excluding carboxylic acids is 1. The summed E-state index contributed by atoms with van der Waals surface area (Å²) in [5, 5.41) is 0. The lowest BCUT2D eigenvalue weighted by Gasteiger charge is -2.30. The van der Waals surface area contributed by atoms with Crippen molar-refractivity contribution in [2.45, 2.75) is 44.9 Å². The first kappa shape index (κ1) is 18.9. The first-order chi connectivity index (χ1) is 14.6. The average molecular weight is 394 g/mol. The summed E-state index contributed by atoms with van der Waals surface area (Å²) < 4.78 is 0. The van der Waals surface area contributed by atoms with Gasteiger partial charge in [-0.3, -0.25) is 4.79 Å². The van der Waals surface area contributed by atoms with Gasteiger partial charge in [-0.15, -0.1) is 0 Å². The molecule has 2 nitrogen and oxygen atoms in total. The summed E-state index contributed by atoms with van der Waals surface area (Å²) in [4.78, 5) is 13.8. The van der Waals surface area contributed by atoms with Crippen molar-refractivity contribution in [1.29, 1.82) is 0 Å². The maximum atomic E-state index is 11.4. The van der Waals surface area contributed by atoms with Crippen LogP contribution < -0.4 is 4.90 Å². The molecule has 0 N–H and O–H groups in total. The predicted octanol–water partition coefficient (Wildman–Crippen LogP) is 7.02. The van der Waals surface area contributed by atoms with Crippen LogP contribution in [0.3, 0.4) is 0 Å². The molecule has 0 fully saturated rings. The van der Waals surface area contributed by atoms with Crippen molar-refractivity contribution < 1.29 is 4.79 Å². The second-order valence-corrected chi connectivity index (χ2v) is 8.86. The van der Waals surface area contributed by atoms with E-state index < -0.39 is 0 Å². The van der Waals surface area contributed by atoms with Crippen molar-refractivity contribution in [3.8, 4) is 0 Å². The van der Waals surface area contributed by atoms with E-state index in [0.29, 0.717) is 0 Å². The van der Waals surface area contributed by atoms with Gasteiger partial charge in [-0.25, -0.2) is 0 Å². The number of carbonyl (C=O) groups is 1. The first-order valence-corrected chi connectivity index (χ1v) is 10.9. The molecule has 0 saturated carbocycles. The lowest BCUT2D eigenvalue weighted by atomic mass is 9.79. The molecule has 0 aliphatic heterocycles. The van der Waals surface area contributed by atoms with E-state index in [4.69, 9.17) is 0 Å². The number of hydrogen-bond acceptors (Lipinski definition) is 2. The van der Waals surface area contributed by atoms with Crippen molar-refractivity contribution in [2.24, 2.45) is 0 Å². The minimum absolute atomic E-state index is 0.103. The normalized spacial score (nSPS) is 19.0. The van der Waals surface area contributed by atoms with E-state index in [0.717, 1.165) is 37.5 Å². The second-order valence-electron chi connectivity index (χ2n) is 8.86. The molecular weight excluding hydrogens is 366 g/mol. The number of rotatable bonds is 4. The Kier molecular flexibility index (Phi) is 4.58. The largest absolute Gasteiger partial charge is 0.311 e. The van der Waals surface area contributed by atoms with Crippen molar-refractivity contribution in [3.05, 3.63) is 101 Å². The Morgan fingerprint density at radius 3 is 2.53 bits per heavy atom. The zero-order valence-electron chi connectivity index (χ0n) is 17.7. The number of aldehydes is 1. The van der Waals surface area contributed by atoms with E-state index in [9.17, 15) is 4.79 Å². The monoisotopic (exact) mass is 393 g/mol. The van der Waals surface area contributed by atoms with Gasteiger partial charge in [-0.1, -0.05) is 56.3 Å². The average Bonchev–Trinajstić information content (AvgIpc) is 3.02. The lowest BCUT2D eigenvalue weighted by molar-refractivity contribution is -0.105. The van der Waals surface area contributed by atoms with Gasteiger partial charge in [-0.05, 0) is 83.9 Å². The van der Waals surface area contributed by atoms with Crippen molar-refractivity contribution >= 4 is 23.2 Å². The molecule has 3 aliphatic rings. The highest BCUT2D eigenvalue weighted by Crippen LogP contribution is 2.52. The summed E-state index contributed by atoms with van der Waals surface area (Å²) in [6.45, 7) is 4.57. The molecule has 0 radical (unpaired) electrons. The standard InChI is InChI=1S/C28H27NO/c1-28(2)26-17-20(19-30)13-15-24(26)25-16-14-23(18-27(25)28)29(21-9-5-3-6-10-21)22-11-7-4-8-12-22/h3,5-7,9-12,14,16-19H,4,8,13,15H2,1-2H3. The van der Waals surface area contributed by atoms with E-state index >= 15 is 0 Å². The van der Waals surface area contributed by atoms with Crippen molar-refractivity contribution in [3.63, 3.8) is 0 Å².